The van der Waals surface area contributed by atoms with Crippen molar-refractivity contribution in [3.63, 3.8) is 0 Å². The summed E-state index contributed by atoms with van der Waals surface area (Å²) in [6.07, 6.45) is 0.618. The van der Waals surface area contributed by atoms with Crippen LogP contribution in [0, 0.1) is 0 Å². The van der Waals surface area contributed by atoms with E-state index in [1.54, 1.807) is 25.3 Å². The van der Waals surface area contributed by atoms with E-state index >= 15 is 0 Å². The molecule has 0 radical (unpaired) electrons. The van der Waals surface area contributed by atoms with Crippen LogP contribution in [0.15, 0.2) is 82.0 Å². The van der Waals surface area contributed by atoms with Crippen molar-refractivity contribution in [2.75, 3.05) is 7.11 Å². The van der Waals surface area contributed by atoms with E-state index in [2.05, 4.69) is 12.1 Å². The highest BCUT2D eigenvalue weighted by molar-refractivity contribution is 6.30. The number of benzene rings is 3. The van der Waals surface area contributed by atoms with Crippen molar-refractivity contribution in [2.45, 2.75) is 6.42 Å². The summed E-state index contributed by atoms with van der Waals surface area (Å²) in [5, 5.41) is 1.52. The average molecular weight is 377 g/mol. The van der Waals surface area contributed by atoms with Crippen LogP contribution in [0.5, 0.6) is 5.75 Å². The first kappa shape index (κ1) is 17.4. The number of rotatable bonds is 4. The molecule has 27 heavy (non-hydrogen) atoms. The molecule has 4 heteroatoms. The van der Waals surface area contributed by atoms with Crippen molar-refractivity contribution in [3.05, 3.63) is 99.4 Å². The second-order valence-electron chi connectivity index (χ2n) is 6.27. The predicted octanol–water partition coefficient (Wildman–Crippen LogP) is 5.71. The van der Waals surface area contributed by atoms with Gasteiger partial charge in [0.2, 0.25) is 0 Å². The molecule has 3 aromatic carbocycles. The van der Waals surface area contributed by atoms with E-state index in [0.29, 0.717) is 28.3 Å². The highest BCUT2D eigenvalue weighted by Crippen LogP contribution is 2.31. The van der Waals surface area contributed by atoms with Gasteiger partial charge < -0.3 is 9.15 Å². The summed E-state index contributed by atoms with van der Waals surface area (Å²) in [5.74, 6) is 0.649. The molecule has 0 aliphatic heterocycles. The van der Waals surface area contributed by atoms with Crippen molar-refractivity contribution in [1.82, 2.24) is 0 Å². The number of methoxy groups -OCH3 is 1. The summed E-state index contributed by atoms with van der Waals surface area (Å²) in [6, 6.07) is 22.9. The molecular weight excluding hydrogens is 360 g/mol. The van der Waals surface area contributed by atoms with Gasteiger partial charge in [-0.3, -0.25) is 0 Å². The predicted molar refractivity (Wildman–Crippen MR) is 109 cm³/mol. The Kier molecular flexibility index (Phi) is 4.69. The van der Waals surface area contributed by atoms with Gasteiger partial charge in [-0.1, -0.05) is 54.1 Å². The zero-order valence-corrected chi connectivity index (χ0v) is 15.5. The maximum atomic E-state index is 12.9. The third-order valence-corrected chi connectivity index (χ3v) is 4.83. The summed E-state index contributed by atoms with van der Waals surface area (Å²) < 4.78 is 10.9. The largest absolute Gasteiger partial charge is 0.497 e. The lowest BCUT2D eigenvalue weighted by molar-refractivity contribution is 0.414. The first-order valence-corrected chi connectivity index (χ1v) is 8.97. The van der Waals surface area contributed by atoms with Gasteiger partial charge in [-0.25, -0.2) is 4.79 Å². The van der Waals surface area contributed by atoms with Crippen LogP contribution in [0.3, 0.4) is 0 Å². The van der Waals surface area contributed by atoms with Gasteiger partial charge in [0.15, 0.2) is 0 Å². The Bertz CT molecular complexity index is 1150. The van der Waals surface area contributed by atoms with E-state index in [0.717, 1.165) is 22.1 Å². The highest BCUT2D eigenvalue weighted by Gasteiger charge is 2.17. The normalized spacial score (nSPS) is 10.9. The zero-order chi connectivity index (χ0) is 18.8. The summed E-state index contributed by atoms with van der Waals surface area (Å²) in [4.78, 5) is 12.9. The van der Waals surface area contributed by atoms with Crippen LogP contribution in [0.1, 0.15) is 11.1 Å². The molecule has 0 aliphatic carbocycles. The van der Waals surface area contributed by atoms with Crippen LogP contribution in [-0.2, 0) is 6.42 Å². The molecule has 0 amide bonds. The minimum absolute atomic E-state index is 0.371. The van der Waals surface area contributed by atoms with E-state index < -0.39 is 0 Å². The van der Waals surface area contributed by atoms with E-state index in [1.165, 1.54) is 0 Å². The fourth-order valence-corrected chi connectivity index (χ4v) is 3.39. The van der Waals surface area contributed by atoms with E-state index in [9.17, 15) is 4.79 Å². The topological polar surface area (TPSA) is 39.4 Å². The smallest absolute Gasteiger partial charge is 0.344 e. The molecule has 0 bridgehead atoms. The highest BCUT2D eigenvalue weighted by atomic mass is 35.5. The fraction of sp³-hybridized carbons (Fsp3) is 0.0870. The van der Waals surface area contributed by atoms with Crippen LogP contribution in [0.25, 0.3) is 22.1 Å². The minimum atomic E-state index is -0.371. The van der Waals surface area contributed by atoms with Crippen molar-refractivity contribution >= 4 is 22.6 Å². The van der Waals surface area contributed by atoms with Gasteiger partial charge in [0.05, 0.1) is 12.7 Å². The summed E-state index contributed by atoms with van der Waals surface area (Å²) in [6.45, 7) is 0. The van der Waals surface area contributed by atoms with Crippen LogP contribution in [0.2, 0.25) is 5.02 Å². The maximum Gasteiger partial charge on any atom is 0.344 e. The Hall–Kier alpha value is -3.04. The lowest BCUT2D eigenvalue weighted by atomic mass is 9.93. The van der Waals surface area contributed by atoms with Gasteiger partial charge in [-0.15, -0.1) is 0 Å². The van der Waals surface area contributed by atoms with Gasteiger partial charge in [0, 0.05) is 16.5 Å². The molecule has 0 saturated carbocycles. The lowest BCUT2D eigenvalue weighted by Gasteiger charge is -2.13. The molecule has 134 valence electrons. The van der Waals surface area contributed by atoms with Crippen molar-refractivity contribution < 1.29 is 9.15 Å². The average Bonchev–Trinajstić information content (AvgIpc) is 2.69. The first-order valence-electron chi connectivity index (χ1n) is 8.59. The van der Waals surface area contributed by atoms with Gasteiger partial charge in [0.1, 0.15) is 11.3 Å². The molecule has 3 nitrogen and oxygen atoms in total. The van der Waals surface area contributed by atoms with Crippen LogP contribution >= 0.6 is 11.6 Å². The Morgan fingerprint density at radius 2 is 1.70 bits per heavy atom. The third kappa shape index (κ3) is 3.46. The van der Waals surface area contributed by atoms with E-state index in [1.807, 2.05) is 42.5 Å². The second-order valence-corrected chi connectivity index (χ2v) is 6.71. The summed E-state index contributed by atoms with van der Waals surface area (Å²) >= 11 is 6.02. The summed E-state index contributed by atoms with van der Waals surface area (Å²) in [7, 11) is 1.59. The zero-order valence-electron chi connectivity index (χ0n) is 14.7. The Morgan fingerprint density at radius 3 is 2.41 bits per heavy atom. The number of hydrogen-bond donors (Lipinski definition) is 0. The Labute approximate surface area is 161 Å². The third-order valence-electron chi connectivity index (χ3n) is 4.58. The Balaban J connectivity index is 2.00. The van der Waals surface area contributed by atoms with E-state index in [-0.39, 0.29) is 5.63 Å². The SMILES string of the molecule is COc1ccc2c(Cc3ccccc3)c(-c3ccc(Cl)cc3)c(=O)oc2c1. The molecule has 4 rings (SSSR count). The maximum absolute atomic E-state index is 12.9. The molecule has 0 saturated heterocycles. The molecule has 0 aliphatic rings. The van der Waals surface area contributed by atoms with Gasteiger partial charge >= 0.3 is 5.63 Å². The van der Waals surface area contributed by atoms with Crippen LogP contribution < -0.4 is 10.4 Å². The molecule has 4 aromatic rings. The lowest BCUT2D eigenvalue weighted by Crippen LogP contribution is -2.09. The number of fused-ring (bicyclic) bond motifs is 1. The van der Waals surface area contributed by atoms with Gasteiger partial charge in [0.25, 0.3) is 0 Å². The van der Waals surface area contributed by atoms with Crippen molar-refractivity contribution in [1.29, 1.82) is 0 Å². The van der Waals surface area contributed by atoms with Gasteiger partial charge in [-0.05, 0) is 47.4 Å². The molecule has 0 fully saturated rings. The van der Waals surface area contributed by atoms with Crippen molar-refractivity contribution in [3.8, 4) is 16.9 Å². The molecular formula is C23H17ClO3. The first-order chi connectivity index (χ1) is 13.2. The number of halogens is 1. The molecule has 1 aromatic heterocycles. The van der Waals surface area contributed by atoms with Crippen molar-refractivity contribution in [2.24, 2.45) is 0 Å². The quantitative estimate of drug-likeness (QED) is 0.428. The number of hydrogen-bond acceptors (Lipinski definition) is 3. The monoisotopic (exact) mass is 376 g/mol. The minimum Gasteiger partial charge on any atom is -0.497 e. The molecule has 1 heterocycles. The second kappa shape index (κ2) is 7.29. The Morgan fingerprint density at radius 1 is 0.963 bits per heavy atom. The molecule has 0 spiro atoms. The summed E-state index contributed by atoms with van der Waals surface area (Å²) in [5.41, 5.74) is 3.55. The van der Waals surface area contributed by atoms with Crippen LogP contribution in [0.4, 0.5) is 0 Å². The number of ether oxygens (including phenoxy) is 1. The standard InChI is InChI=1S/C23H17ClO3/c1-26-18-11-12-19-20(13-15-5-3-2-4-6-15)22(23(25)27-21(19)14-18)16-7-9-17(24)10-8-16/h2-12,14H,13H2,1H3. The molecule has 0 atom stereocenters. The molecule has 0 unspecified atom stereocenters. The van der Waals surface area contributed by atoms with E-state index in [4.69, 9.17) is 20.8 Å². The van der Waals surface area contributed by atoms with Crippen LogP contribution in [-0.4, -0.2) is 7.11 Å². The molecule has 0 N–H and O–H groups in total. The van der Waals surface area contributed by atoms with Gasteiger partial charge in [-0.2, -0.15) is 0 Å². The fourth-order valence-electron chi connectivity index (χ4n) is 3.26.